The smallest absolute Gasteiger partial charge is 0.318 e. The average Bonchev–Trinajstić information content (AvgIpc) is 1.62. The average molecular weight is 2000 g/mol. The van der Waals surface area contributed by atoms with Crippen LogP contribution in [0.2, 0.25) is 0 Å². The maximum Gasteiger partial charge on any atom is 0.318 e. The molecule has 35 heteroatoms. The van der Waals surface area contributed by atoms with Crippen LogP contribution >= 0.6 is 0 Å². The van der Waals surface area contributed by atoms with Crippen molar-refractivity contribution in [2.45, 2.75) is 312 Å². The molecule has 9 aliphatic heterocycles. The molecule has 0 radical (unpaired) electrons. The molecule has 5 amide bonds. The fraction of sp³-hybridized carbons (Fsp3) is 0.673. The third-order valence-electron chi connectivity index (χ3n) is 27.4. The molecule has 18 rings (SSSR count). The molecule has 796 valence electrons. The van der Waals surface area contributed by atoms with Gasteiger partial charge in [-0.05, 0) is 102 Å². The van der Waals surface area contributed by atoms with E-state index >= 15 is 0 Å². The summed E-state index contributed by atoms with van der Waals surface area (Å²) < 4.78 is 5.44. The lowest BCUT2D eigenvalue weighted by atomic mass is 9.88. The number of aryl methyl sites for hydroxylation is 1. The topological polar surface area (TPSA) is 391 Å². The largest absolute Gasteiger partial charge is 0.464 e. The van der Waals surface area contributed by atoms with Gasteiger partial charge < -0.3 is 97.5 Å². The molecule has 7 aromatic heterocycles. The van der Waals surface area contributed by atoms with Crippen molar-refractivity contribution < 1.29 is 28.7 Å². The van der Waals surface area contributed by atoms with Gasteiger partial charge in [-0.3, -0.25) is 24.0 Å². The number of carbonyl (C=O) groups excluding carboxylic acids is 5. The quantitative estimate of drug-likeness (QED) is 0.0268. The predicted octanol–water partition coefficient (Wildman–Crippen LogP) is 13.2. The Bertz CT molecular complexity index is 5290. The highest BCUT2D eigenvalue weighted by atomic mass is 16.5. The number of hydrogen-bond acceptors (Lipinski definition) is 30. The number of piperazine rings is 2. The van der Waals surface area contributed by atoms with Crippen molar-refractivity contribution in [1.29, 1.82) is 0 Å². The van der Waals surface area contributed by atoms with Crippen molar-refractivity contribution in [1.82, 2.24) is 101 Å². The molecule has 35 nitrogen and oxygen atoms in total. The van der Waals surface area contributed by atoms with Gasteiger partial charge in [-0.25, -0.2) is 34.9 Å². The van der Waals surface area contributed by atoms with Crippen LogP contribution in [0.4, 0.5) is 52.6 Å². The fourth-order valence-corrected chi connectivity index (χ4v) is 16.8. The second-order valence-electron chi connectivity index (χ2n) is 48.1. The number of nitrogens with one attached hydrogen (secondary N) is 11. The van der Waals surface area contributed by atoms with E-state index in [9.17, 15) is 24.0 Å². The monoisotopic (exact) mass is 2000 g/mol. The lowest BCUT2D eigenvalue weighted by Crippen LogP contribution is -2.58. The van der Waals surface area contributed by atoms with E-state index in [1.807, 2.05) is 83.8 Å². The minimum atomic E-state index is -0.0357. The molecule has 11 aliphatic rings. The lowest BCUT2D eigenvalue weighted by molar-refractivity contribution is -0.138. The summed E-state index contributed by atoms with van der Waals surface area (Å²) in [7, 11) is 0. The van der Waals surface area contributed by atoms with Gasteiger partial charge in [-0.1, -0.05) is 180 Å². The SMILES string of the molecule is CC(C)(C)c1cc(NC2CNC2)nc(N2CCN(C(=O)C3CC3)CC2)n1.CC(C)(C)c1ccnc(NC2CN(C(=O)C3CC3)C2)c1.CC(C)C(=O)N1CC(Nc2cc(C(C)(C)C)ccn2)C1.CCC(=O)N1CC(Nc2cc(C(C)(C)C)ccn2)C1.CCC(=O)N1CCN(c2nc(NC3CNC3)cc(C(C)(C)C)n2)CC1.CCOc1nc(NC2CNC2)cc(C(C)(C)C)n1.CCc1nc(NC2CNC2)cc(C(C)(C)C)n1. The van der Waals surface area contributed by atoms with Gasteiger partial charge in [0.2, 0.25) is 41.4 Å². The standard InChI is InChI=1S/C19H30N6O.C18H30N6O.C16H23N3O.C16H25N3O.C15H23N3O.C13H22N4O.C13H22N4/c1-19(2,3)15-10-16(21-14-11-20-12-14)23-18(22-15)25-8-6-24(7-9-25)17(26)13-4-5-13;1-5-16(25)23-6-8-24(9-7-23)17-21-14(18(2,3)4)10-15(22-17)20-13-11-19-12-13;1-16(2,3)12-6-7-17-14(8-12)18-13-9-19(10-13)15(20)11-4-5-11;1-11(2)15(20)19-9-13(10-19)18-14-8-12(6-7-17-14)16(3,4)5;1-5-14(19)18-9-12(10-18)17-13-8-11(6-7-16-13)15(2,3)4;1-5-18-12-16-10(13(2,3)4)6-11(17-12)15-9-7-14-8-9;1-5-11-16-10(13(2,3)4)6-12(17-11)15-9-7-14-8-9/h10,13-14,20H,4-9,11-12H2,1-3H3,(H,21,22,23);10,13,19H,5-9,11-12H2,1-4H3,(H,20,21,22);6-8,11,13H,4-5,9-10H2,1-3H3,(H,17,18);6-8,11,13H,9-10H2,1-5H3,(H,17,18);6-8,12H,5,9-10H2,1-4H3,(H,16,17);6,9,14H,5,7-8H2,1-4H3,(H,15,16,17);6,9,14H,5,7-8H2,1-4H3,(H,15,16,17). The first-order valence-electron chi connectivity index (χ1n) is 53.5. The van der Waals surface area contributed by atoms with E-state index in [0.29, 0.717) is 91.4 Å². The van der Waals surface area contributed by atoms with Gasteiger partial charge in [0.1, 0.15) is 46.5 Å². The Morgan fingerprint density at radius 3 is 0.952 bits per heavy atom. The molecule has 0 atom stereocenters. The second kappa shape index (κ2) is 49.2. The Morgan fingerprint density at radius 2 is 0.641 bits per heavy atom. The highest BCUT2D eigenvalue weighted by Gasteiger charge is 2.41. The Morgan fingerprint density at radius 1 is 0.338 bits per heavy atom. The molecule has 0 unspecified atom stereocenters. The van der Waals surface area contributed by atoms with Crippen molar-refractivity contribution >= 4 is 82.2 Å². The summed E-state index contributed by atoms with van der Waals surface area (Å²) in [6, 6.07) is 24.1. The van der Waals surface area contributed by atoms with E-state index in [1.165, 1.54) is 16.7 Å². The van der Waals surface area contributed by atoms with Crippen molar-refractivity contribution in [2.24, 2.45) is 17.8 Å². The van der Waals surface area contributed by atoms with Crippen LogP contribution in [-0.4, -0.2) is 302 Å². The van der Waals surface area contributed by atoms with Gasteiger partial charge >= 0.3 is 6.01 Å². The summed E-state index contributed by atoms with van der Waals surface area (Å²) in [6.07, 6.45) is 11.9. The number of hydrogen-bond donors (Lipinski definition) is 11. The Balaban J connectivity index is 0.000000151. The number of aromatic nitrogens is 11. The number of rotatable bonds is 24. The van der Waals surface area contributed by atoms with E-state index in [4.69, 9.17) is 24.7 Å². The first-order valence-corrected chi connectivity index (χ1v) is 53.5. The summed E-state index contributed by atoms with van der Waals surface area (Å²) in [5, 5.41) is 37.1. The zero-order valence-electron chi connectivity index (χ0n) is 92.5. The molecular formula is C110H175N29O6. The van der Waals surface area contributed by atoms with E-state index in [2.05, 4.69) is 310 Å². The maximum absolute atomic E-state index is 12.3. The molecule has 2 saturated carbocycles. The summed E-state index contributed by atoms with van der Waals surface area (Å²) in [6.45, 7) is 77.0. The van der Waals surface area contributed by atoms with Crippen molar-refractivity contribution in [3.8, 4) is 6.01 Å². The van der Waals surface area contributed by atoms with Gasteiger partial charge in [0.25, 0.3) is 0 Å². The van der Waals surface area contributed by atoms with E-state index < -0.39 is 0 Å². The molecule has 7 aromatic rings. The van der Waals surface area contributed by atoms with Crippen molar-refractivity contribution in [3.63, 3.8) is 0 Å². The molecule has 9 saturated heterocycles. The molecule has 2 aliphatic carbocycles. The second-order valence-corrected chi connectivity index (χ2v) is 48.1. The van der Waals surface area contributed by atoms with Crippen LogP contribution in [0.25, 0.3) is 0 Å². The number of likely N-dealkylation sites (tertiary alicyclic amines) is 3. The Hall–Kier alpha value is -11.0. The molecule has 0 aromatic carbocycles. The minimum Gasteiger partial charge on any atom is -0.464 e. The fourth-order valence-electron chi connectivity index (χ4n) is 16.8. The highest BCUT2D eigenvalue weighted by molar-refractivity contribution is 5.83. The third-order valence-corrected chi connectivity index (χ3v) is 27.4. The molecule has 0 spiro atoms. The third kappa shape index (κ3) is 33.7. The van der Waals surface area contributed by atoms with Gasteiger partial charge in [0, 0.05) is 246 Å². The van der Waals surface area contributed by atoms with E-state index in [0.717, 1.165) is 257 Å². The zero-order chi connectivity index (χ0) is 105. The highest BCUT2D eigenvalue weighted by Crippen LogP contribution is 2.37. The maximum atomic E-state index is 12.3. The van der Waals surface area contributed by atoms with Crippen LogP contribution in [0.15, 0.2) is 79.3 Å². The van der Waals surface area contributed by atoms with E-state index in [1.54, 1.807) is 0 Å². The molecule has 11 N–H and O–H groups in total. The van der Waals surface area contributed by atoms with Crippen molar-refractivity contribution in [2.75, 3.05) is 198 Å². The summed E-state index contributed by atoms with van der Waals surface area (Å²) >= 11 is 0. The van der Waals surface area contributed by atoms with Crippen LogP contribution < -0.4 is 73.0 Å². The van der Waals surface area contributed by atoms with Crippen LogP contribution in [0.1, 0.15) is 271 Å². The van der Waals surface area contributed by atoms with Crippen LogP contribution in [0, 0.1) is 17.8 Å². The number of ether oxygens (including phenoxy) is 1. The van der Waals surface area contributed by atoms with Gasteiger partial charge in [0.15, 0.2) is 0 Å². The minimum absolute atomic E-state index is 0.0108. The number of amides is 5. The number of carbonyl (C=O) groups is 5. The van der Waals surface area contributed by atoms with Crippen molar-refractivity contribution in [3.05, 3.63) is 125 Å². The summed E-state index contributed by atoms with van der Waals surface area (Å²) in [5.41, 5.74) is 8.39. The molecule has 16 heterocycles. The van der Waals surface area contributed by atoms with Crippen LogP contribution in [-0.2, 0) is 68.3 Å². The van der Waals surface area contributed by atoms with Gasteiger partial charge in [-0.2, -0.15) is 19.9 Å². The van der Waals surface area contributed by atoms with Gasteiger partial charge in [0.05, 0.1) is 71.7 Å². The Kier molecular flexibility index (Phi) is 38.2. The lowest BCUT2D eigenvalue weighted by Gasteiger charge is -2.40. The molecule has 0 bridgehead atoms. The van der Waals surface area contributed by atoms with E-state index in [-0.39, 0.29) is 61.5 Å². The molecule has 11 fully saturated rings. The van der Waals surface area contributed by atoms with Crippen LogP contribution in [0.5, 0.6) is 6.01 Å². The first-order chi connectivity index (χ1) is 68.3. The predicted molar refractivity (Wildman–Crippen MR) is 584 cm³/mol. The Labute approximate surface area is 864 Å². The zero-order valence-corrected chi connectivity index (χ0v) is 92.5. The van der Waals surface area contributed by atoms with Gasteiger partial charge in [-0.15, -0.1) is 0 Å². The first kappa shape index (κ1) is 113. The van der Waals surface area contributed by atoms with Crippen LogP contribution in [0.3, 0.4) is 0 Å². The number of nitrogens with zero attached hydrogens (tertiary/aromatic N) is 18. The molecule has 145 heavy (non-hydrogen) atoms. The number of anilines is 9. The number of pyridine rings is 3. The normalized spacial score (nSPS) is 18.1. The summed E-state index contributed by atoms with van der Waals surface area (Å²) in [4.78, 5) is 124. The summed E-state index contributed by atoms with van der Waals surface area (Å²) in [5.74, 6) is 10.9. The molecular weight excluding hydrogens is 1820 g/mol.